The van der Waals surface area contributed by atoms with Crippen molar-refractivity contribution in [3.05, 3.63) is 47.6 Å². The molecular formula is C61H97NO18. The fourth-order valence-electron chi connectivity index (χ4n) is 11.5. The number of nitrogens with zero attached hydrogens (tertiary/aromatic N) is 1. The summed E-state index contributed by atoms with van der Waals surface area (Å²) in [5.74, 6) is -8.44. The fraction of sp³-hybridized carbons (Fsp3) is 0.787. The molecule has 0 radical (unpaired) electrons. The van der Waals surface area contributed by atoms with E-state index >= 15 is 0 Å². The number of methoxy groups -OCH3 is 2. The summed E-state index contributed by atoms with van der Waals surface area (Å²) in [4.78, 5) is 73.2. The molecule has 80 heavy (non-hydrogen) atoms. The first-order valence-corrected chi connectivity index (χ1v) is 29.5. The number of hydrogen-bond donors (Lipinski definition) is 3. The van der Waals surface area contributed by atoms with Crippen molar-refractivity contribution in [1.82, 2.24) is 4.90 Å². The number of fused-ring (bicyclic) bond motifs is 3. The molecular weight excluding hydrogens is 1030 g/mol. The number of esters is 1. The van der Waals surface area contributed by atoms with Gasteiger partial charge in [-0.05, 0) is 107 Å². The standard InChI is InChI=1S/C61H97NO18/c1-39-15-11-10-12-16-40(2)52(78-38-48-37-76-28-27-74-24-23-73-25-26-75-29-30-77-48)35-47-20-18-45(7)61(70,80-47)58(67)59(68)62-22-14-13-17-49(62)60(69)79-53(42(4)33-46-19-21-50(63)54(34-46)71-8)36-51(64)41(3)32-44(6)56(66)57(72-9)55(65)43(5)31-39/h10-12,15-16,32,39,41-43,45-50,52-54,56-57,63,66,70H,13-14,17-31,33-38H2,1-9H3/b12-10+,15-11+,40-16+,44-32+/t39-,41-,42-,43-,45-,46+,47+,48?,49+,50-,52?,53+,54-,56-,57+,61-/m1/s1. The number of allylic oxidation sites excluding steroid dienone is 6. The molecule has 0 aromatic carbocycles. The highest BCUT2D eigenvalue weighted by Gasteiger charge is 2.53. The zero-order valence-electron chi connectivity index (χ0n) is 49.3. The van der Waals surface area contributed by atoms with Gasteiger partial charge in [0.05, 0.1) is 90.5 Å². The molecule has 3 N–H and O–H groups in total. The monoisotopic (exact) mass is 1130 g/mol. The van der Waals surface area contributed by atoms with Crippen molar-refractivity contribution in [1.29, 1.82) is 0 Å². The Bertz CT molecular complexity index is 2060. The van der Waals surface area contributed by atoms with Crippen molar-refractivity contribution in [3.63, 3.8) is 0 Å². The molecule has 1 amide bonds. The second kappa shape index (κ2) is 34.3. The summed E-state index contributed by atoms with van der Waals surface area (Å²) >= 11 is 0. The van der Waals surface area contributed by atoms with Gasteiger partial charge in [0, 0.05) is 51.4 Å². The van der Waals surface area contributed by atoms with Gasteiger partial charge >= 0.3 is 5.97 Å². The van der Waals surface area contributed by atoms with Crippen LogP contribution in [0.2, 0.25) is 0 Å². The molecule has 19 heteroatoms. The van der Waals surface area contributed by atoms with Gasteiger partial charge in [0.25, 0.3) is 11.7 Å². The van der Waals surface area contributed by atoms with Crippen molar-refractivity contribution >= 4 is 29.2 Å². The molecule has 0 spiro atoms. The Morgan fingerprint density at radius 2 is 1.46 bits per heavy atom. The average molecular weight is 1130 g/mol. The van der Waals surface area contributed by atoms with Crippen LogP contribution in [-0.2, 0) is 71.3 Å². The number of ether oxygens (including phenoxy) is 10. The second-order valence-electron chi connectivity index (χ2n) is 23.1. The lowest BCUT2D eigenvalue weighted by Gasteiger charge is -2.43. The van der Waals surface area contributed by atoms with Crippen LogP contribution >= 0.6 is 0 Å². The molecule has 1 saturated carbocycles. The van der Waals surface area contributed by atoms with Crippen molar-refractivity contribution in [2.24, 2.45) is 35.5 Å². The number of hydrogen-bond acceptors (Lipinski definition) is 18. The van der Waals surface area contributed by atoms with Gasteiger partial charge in [0.2, 0.25) is 5.79 Å². The molecule has 16 atom stereocenters. The summed E-state index contributed by atoms with van der Waals surface area (Å²) in [5, 5.41) is 34.5. The zero-order chi connectivity index (χ0) is 58.4. The van der Waals surface area contributed by atoms with Crippen molar-refractivity contribution in [2.75, 3.05) is 86.8 Å². The molecule has 0 aromatic heterocycles. The molecule has 2 bridgehead atoms. The number of Topliss-reactive ketones (excluding diaryl/α,β-unsaturated/α-hetero) is 3. The number of piperidine rings is 1. The lowest BCUT2D eigenvalue weighted by molar-refractivity contribution is -0.266. The fourth-order valence-corrected chi connectivity index (χ4v) is 11.5. The summed E-state index contributed by atoms with van der Waals surface area (Å²) in [6, 6.07) is -1.19. The van der Waals surface area contributed by atoms with Gasteiger partial charge in [-0.3, -0.25) is 19.2 Å². The quantitative estimate of drug-likeness (QED) is 0.143. The smallest absolute Gasteiger partial charge is 0.329 e. The number of carbonyl (C=O) groups excluding carboxylic acids is 5. The van der Waals surface area contributed by atoms with Crippen LogP contribution in [0.4, 0.5) is 0 Å². The first-order chi connectivity index (χ1) is 38.3. The number of aliphatic hydroxyl groups excluding tert-OH is 2. The molecule has 4 aliphatic heterocycles. The van der Waals surface area contributed by atoms with Crippen LogP contribution in [0.3, 0.4) is 0 Å². The summed E-state index contributed by atoms with van der Waals surface area (Å²) in [6.07, 6.45) is 9.71. The zero-order valence-corrected chi connectivity index (χ0v) is 49.3. The maximum Gasteiger partial charge on any atom is 0.329 e. The maximum absolute atomic E-state index is 14.6. The van der Waals surface area contributed by atoms with Gasteiger partial charge in [-0.2, -0.15) is 0 Å². The van der Waals surface area contributed by atoms with Crippen LogP contribution in [-0.4, -0.2) is 197 Å². The van der Waals surface area contributed by atoms with E-state index in [0.29, 0.717) is 110 Å². The molecule has 0 aromatic rings. The van der Waals surface area contributed by atoms with E-state index in [0.717, 1.165) is 5.57 Å². The van der Waals surface area contributed by atoms with E-state index in [2.05, 4.69) is 0 Å². The molecule has 5 aliphatic rings. The number of aliphatic hydroxyl groups is 3. The van der Waals surface area contributed by atoms with Gasteiger partial charge < -0.3 is 67.6 Å². The number of amides is 1. The minimum absolute atomic E-state index is 0.0352. The van der Waals surface area contributed by atoms with Crippen molar-refractivity contribution < 1.29 is 86.7 Å². The molecule has 4 heterocycles. The highest BCUT2D eigenvalue weighted by atomic mass is 16.6. The Labute approximate surface area is 475 Å². The predicted octanol–water partition coefficient (Wildman–Crippen LogP) is 6.02. The van der Waals surface area contributed by atoms with Crippen LogP contribution in [0.25, 0.3) is 0 Å². The summed E-state index contributed by atoms with van der Waals surface area (Å²) in [6.45, 7) is 16.0. The van der Waals surface area contributed by atoms with Gasteiger partial charge in [-0.15, -0.1) is 0 Å². The van der Waals surface area contributed by atoms with Crippen LogP contribution in [0, 0.1) is 35.5 Å². The predicted molar refractivity (Wildman–Crippen MR) is 297 cm³/mol. The lowest BCUT2D eigenvalue weighted by Crippen LogP contribution is -2.61. The highest BCUT2D eigenvalue weighted by Crippen LogP contribution is 2.38. The van der Waals surface area contributed by atoms with E-state index in [4.69, 9.17) is 47.4 Å². The third kappa shape index (κ3) is 20.4. The number of rotatable bonds is 8. The Hall–Kier alpha value is -3.57. The number of ketones is 3. The van der Waals surface area contributed by atoms with E-state index in [1.54, 1.807) is 34.0 Å². The largest absolute Gasteiger partial charge is 0.460 e. The van der Waals surface area contributed by atoms with Crippen molar-refractivity contribution in [3.8, 4) is 0 Å². The lowest BCUT2D eigenvalue weighted by atomic mass is 9.78. The Morgan fingerprint density at radius 3 is 2.15 bits per heavy atom. The average Bonchev–Trinajstić information content (AvgIpc) is 3.55. The molecule has 1 aliphatic carbocycles. The minimum Gasteiger partial charge on any atom is -0.460 e. The molecule has 3 saturated heterocycles. The molecule has 5 rings (SSSR count). The summed E-state index contributed by atoms with van der Waals surface area (Å²) < 4.78 is 59.5. The molecule has 4 fully saturated rings. The topological polar surface area (TPSA) is 242 Å². The van der Waals surface area contributed by atoms with E-state index in [9.17, 15) is 39.3 Å². The number of cyclic esters (lactones) is 1. The Morgan fingerprint density at radius 1 is 0.775 bits per heavy atom. The van der Waals surface area contributed by atoms with Gasteiger partial charge in [-0.1, -0.05) is 71.1 Å². The maximum atomic E-state index is 14.6. The molecule has 19 nitrogen and oxygen atoms in total. The van der Waals surface area contributed by atoms with Gasteiger partial charge in [0.1, 0.15) is 36.2 Å². The van der Waals surface area contributed by atoms with Crippen LogP contribution < -0.4 is 0 Å². The SMILES string of the molecule is CO[C@@H]1C[C@H](C[C@@H](C)[C@@H]2CC(=O)[C@H](C)/C=C(\C)[C@@H](O)[C@@H](OC)C(=O)[C@H](C)C[C@H](C)/C=C/C=C/C=C(\C)C(OCC3COCCOCCOCCOCCO3)C[C@@H]3CC[C@@H](C)[C@@](O)(O3)C(=O)C(=O)N3CCCC[C@H]3C(=O)O2)CC[C@H]1O. The van der Waals surface area contributed by atoms with E-state index in [-0.39, 0.29) is 81.1 Å². The highest BCUT2D eigenvalue weighted by molar-refractivity contribution is 6.39. The van der Waals surface area contributed by atoms with E-state index in [1.165, 1.54) is 12.0 Å². The third-order valence-electron chi connectivity index (χ3n) is 16.7. The molecule has 454 valence electrons. The van der Waals surface area contributed by atoms with Crippen molar-refractivity contribution in [2.45, 2.75) is 186 Å². The third-order valence-corrected chi connectivity index (χ3v) is 16.7. The Balaban J connectivity index is 1.47. The number of carbonyl (C=O) groups is 5. The first kappa shape index (κ1) is 67.2. The van der Waals surface area contributed by atoms with Crippen LogP contribution in [0.15, 0.2) is 47.6 Å². The molecule has 2 unspecified atom stereocenters. The van der Waals surface area contributed by atoms with E-state index < -0.39 is 90.0 Å². The van der Waals surface area contributed by atoms with Gasteiger partial charge in [0.15, 0.2) is 5.78 Å². The summed E-state index contributed by atoms with van der Waals surface area (Å²) in [7, 11) is 2.94. The second-order valence-corrected chi connectivity index (χ2v) is 23.1. The normalized spacial score (nSPS) is 38.5. The minimum atomic E-state index is -2.52. The van der Waals surface area contributed by atoms with Gasteiger partial charge in [-0.25, -0.2) is 4.79 Å². The van der Waals surface area contributed by atoms with Crippen LogP contribution in [0.5, 0.6) is 0 Å². The van der Waals surface area contributed by atoms with Crippen LogP contribution in [0.1, 0.15) is 126 Å². The summed E-state index contributed by atoms with van der Waals surface area (Å²) in [5.41, 5.74) is 1.17. The van der Waals surface area contributed by atoms with E-state index in [1.807, 2.05) is 58.1 Å². The Kier molecular flexibility index (Phi) is 28.8. The first-order valence-electron chi connectivity index (χ1n) is 29.5.